The van der Waals surface area contributed by atoms with Crippen molar-refractivity contribution in [1.82, 2.24) is 0 Å². The average Bonchev–Trinajstić information content (AvgIpc) is 3.21. The minimum atomic E-state index is 0.238. The number of hydrogen-bond acceptors (Lipinski definition) is 2. The van der Waals surface area contributed by atoms with E-state index in [9.17, 15) is 0 Å². The zero-order chi connectivity index (χ0) is 17.2. The minimum absolute atomic E-state index is 0.238. The molecule has 7 atom stereocenters. The SMILES string of the molecule is CC[C@]12CCC3C(C(C)CC4=CC(=N)CC[C@@H]43)C1CC[C@@]21CCCO1. The molecule has 5 aliphatic rings. The van der Waals surface area contributed by atoms with E-state index in [0.717, 1.165) is 48.3 Å². The molecule has 4 fully saturated rings. The standard InChI is InChI=1S/C23H35NO/c1-3-22-10-7-19-18-6-5-17(24)14-16(18)13-15(2)21(19)20(22)8-11-23(22)9-4-12-25-23/h14-15,18-21,24H,3-13H2,1-2H3/t15?,18-,19?,20?,21?,22-,23-/m0/s1. The molecule has 4 unspecified atom stereocenters. The molecule has 5 rings (SSSR count). The maximum Gasteiger partial charge on any atom is 0.0742 e. The van der Waals surface area contributed by atoms with Crippen molar-refractivity contribution in [2.24, 2.45) is 35.0 Å². The van der Waals surface area contributed by atoms with E-state index in [1.54, 1.807) is 5.57 Å². The summed E-state index contributed by atoms with van der Waals surface area (Å²) in [5.41, 5.74) is 3.23. The number of ether oxygens (including phenoxy) is 1. The molecule has 3 saturated carbocycles. The molecule has 0 amide bonds. The largest absolute Gasteiger partial charge is 0.374 e. The Labute approximate surface area is 153 Å². The second kappa shape index (κ2) is 5.68. The van der Waals surface area contributed by atoms with Gasteiger partial charge in [0.2, 0.25) is 0 Å². The zero-order valence-electron chi connectivity index (χ0n) is 16.2. The number of nitrogens with one attached hydrogen (secondary N) is 1. The number of fused-ring (bicyclic) bond motifs is 6. The van der Waals surface area contributed by atoms with Crippen LogP contribution in [-0.2, 0) is 4.74 Å². The molecule has 2 nitrogen and oxygen atoms in total. The molecule has 4 aliphatic carbocycles. The van der Waals surface area contributed by atoms with Crippen LogP contribution < -0.4 is 0 Å². The Morgan fingerprint density at radius 2 is 2.08 bits per heavy atom. The van der Waals surface area contributed by atoms with Crippen LogP contribution in [0.2, 0.25) is 0 Å². The third-order valence-corrected chi connectivity index (χ3v) is 9.39. The Hall–Kier alpha value is -0.630. The second-order valence-corrected chi connectivity index (χ2v) is 9.95. The summed E-state index contributed by atoms with van der Waals surface area (Å²) in [5.74, 6) is 4.29. The summed E-state index contributed by atoms with van der Waals surface area (Å²) in [5, 5.41) is 8.10. The van der Waals surface area contributed by atoms with Crippen LogP contribution in [0.15, 0.2) is 11.6 Å². The fourth-order valence-corrected chi connectivity index (χ4v) is 8.58. The normalized spacial score (nSPS) is 51.8. The predicted molar refractivity (Wildman–Crippen MR) is 102 cm³/mol. The van der Waals surface area contributed by atoms with Crippen molar-refractivity contribution in [3.63, 3.8) is 0 Å². The van der Waals surface area contributed by atoms with E-state index < -0.39 is 0 Å². The lowest BCUT2D eigenvalue weighted by Crippen LogP contribution is -2.55. The van der Waals surface area contributed by atoms with E-state index in [2.05, 4.69) is 19.9 Å². The summed E-state index contributed by atoms with van der Waals surface area (Å²) in [4.78, 5) is 0. The Morgan fingerprint density at radius 3 is 2.84 bits per heavy atom. The molecule has 1 spiro atoms. The van der Waals surface area contributed by atoms with Gasteiger partial charge in [0, 0.05) is 17.7 Å². The van der Waals surface area contributed by atoms with Crippen molar-refractivity contribution in [3.8, 4) is 0 Å². The van der Waals surface area contributed by atoms with Crippen LogP contribution in [0.25, 0.3) is 0 Å². The Balaban J connectivity index is 1.51. The summed E-state index contributed by atoms with van der Waals surface area (Å²) in [7, 11) is 0. The summed E-state index contributed by atoms with van der Waals surface area (Å²) < 4.78 is 6.56. The first-order valence-electron chi connectivity index (χ1n) is 11.0. The van der Waals surface area contributed by atoms with E-state index in [-0.39, 0.29) is 5.60 Å². The van der Waals surface area contributed by atoms with Crippen LogP contribution in [0, 0.1) is 40.4 Å². The first kappa shape index (κ1) is 16.5. The maximum absolute atomic E-state index is 8.10. The van der Waals surface area contributed by atoms with Gasteiger partial charge in [0.25, 0.3) is 0 Å². The van der Waals surface area contributed by atoms with Crippen molar-refractivity contribution in [1.29, 1.82) is 5.41 Å². The van der Waals surface area contributed by atoms with Gasteiger partial charge in [-0.15, -0.1) is 0 Å². The van der Waals surface area contributed by atoms with Crippen molar-refractivity contribution in [3.05, 3.63) is 11.6 Å². The first-order valence-corrected chi connectivity index (χ1v) is 11.0. The molecule has 0 bridgehead atoms. The number of allylic oxidation sites excluding steroid dienone is 2. The molecular formula is C23H35NO. The maximum atomic E-state index is 8.10. The molecule has 1 aliphatic heterocycles. The van der Waals surface area contributed by atoms with Gasteiger partial charge >= 0.3 is 0 Å². The molecule has 2 heteroatoms. The first-order chi connectivity index (χ1) is 12.1. The van der Waals surface area contributed by atoms with Crippen molar-refractivity contribution >= 4 is 5.71 Å². The molecule has 138 valence electrons. The highest BCUT2D eigenvalue weighted by Crippen LogP contribution is 2.69. The molecule has 1 N–H and O–H groups in total. The van der Waals surface area contributed by atoms with Crippen LogP contribution in [0.4, 0.5) is 0 Å². The van der Waals surface area contributed by atoms with Crippen molar-refractivity contribution < 1.29 is 4.74 Å². The molecule has 0 radical (unpaired) electrons. The second-order valence-electron chi connectivity index (χ2n) is 9.95. The van der Waals surface area contributed by atoms with Gasteiger partial charge in [0.1, 0.15) is 0 Å². The quantitative estimate of drug-likeness (QED) is 0.646. The van der Waals surface area contributed by atoms with Gasteiger partial charge in [0.15, 0.2) is 0 Å². The molecular weight excluding hydrogens is 306 g/mol. The lowest BCUT2D eigenvalue weighted by molar-refractivity contribution is -0.145. The summed E-state index contributed by atoms with van der Waals surface area (Å²) >= 11 is 0. The van der Waals surface area contributed by atoms with Gasteiger partial charge in [-0.25, -0.2) is 0 Å². The molecule has 1 saturated heterocycles. The minimum Gasteiger partial charge on any atom is -0.374 e. The fourth-order valence-electron chi connectivity index (χ4n) is 8.58. The zero-order valence-corrected chi connectivity index (χ0v) is 16.2. The van der Waals surface area contributed by atoms with Crippen molar-refractivity contribution in [2.45, 2.75) is 83.7 Å². The van der Waals surface area contributed by atoms with E-state index in [0.29, 0.717) is 5.41 Å². The van der Waals surface area contributed by atoms with Crippen LogP contribution >= 0.6 is 0 Å². The molecule has 0 aromatic carbocycles. The topological polar surface area (TPSA) is 33.1 Å². The molecule has 1 heterocycles. The molecule has 0 aromatic rings. The van der Waals surface area contributed by atoms with Crippen LogP contribution in [0.1, 0.15) is 78.1 Å². The summed E-state index contributed by atoms with van der Waals surface area (Å²) in [6.07, 6.45) is 15.3. The van der Waals surface area contributed by atoms with E-state index in [1.807, 2.05) is 0 Å². The lowest BCUT2D eigenvalue weighted by atomic mass is 9.47. The molecule has 0 aromatic heterocycles. The van der Waals surface area contributed by atoms with Crippen LogP contribution in [0.3, 0.4) is 0 Å². The third-order valence-electron chi connectivity index (χ3n) is 9.39. The van der Waals surface area contributed by atoms with Crippen LogP contribution in [-0.4, -0.2) is 17.9 Å². The van der Waals surface area contributed by atoms with E-state index in [1.165, 1.54) is 57.8 Å². The van der Waals surface area contributed by atoms with Crippen molar-refractivity contribution in [2.75, 3.05) is 6.61 Å². The van der Waals surface area contributed by atoms with Gasteiger partial charge in [-0.05, 0) is 99.9 Å². The Bertz CT molecular complexity index is 601. The monoisotopic (exact) mass is 341 g/mol. The van der Waals surface area contributed by atoms with Gasteiger partial charge in [-0.1, -0.05) is 19.4 Å². The van der Waals surface area contributed by atoms with Gasteiger partial charge < -0.3 is 10.1 Å². The highest BCUT2D eigenvalue weighted by molar-refractivity contribution is 5.93. The Kier molecular flexibility index (Phi) is 3.76. The van der Waals surface area contributed by atoms with E-state index >= 15 is 0 Å². The number of rotatable bonds is 1. The Morgan fingerprint density at radius 1 is 1.20 bits per heavy atom. The lowest BCUT2D eigenvalue weighted by Gasteiger charge is -2.59. The average molecular weight is 342 g/mol. The smallest absolute Gasteiger partial charge is 0.0742 e. The fraction of sp³-hybridized carbons (Fsp3) is 0.870. The third kappa shape index (κ3) is 2.10. The van der Waals surface area contributed by atoms with Gasteiger partial charge in [-0.3, -0.25) is 0 Å². The van der Waals surface area contributed by atoms with Crippen LogP contribution in [0.5, 0.6) is 0 Å². The summed E-state index contributed by atoms with van der Waals surface area (Å²) in [6, 6.07) is 0. The summed E-state index contributed by atoms with van der Waals surface area (Å²) in [6.45, 7) is 6.00. The highest BCUT2D eigenvalue weighted by atomic mass is 16.5. The highest BCUT2D eigenvalue weighted by Gasteiger charge is 2.66. The molecule has 25 heavy (non-hydrogen) atoms. The van der Waals surface area contributed by atoms with E-state index in [4.69, 9.17) is 10.1 Å². The predicted octanol–water partition coefficient (Wildman–Crippen LogP) is 5.76. The number of hydrogen-bond donors (Lipinski definition) is 1. The van der Waals surface area contributed by atoms with Gasteiger partial charge in [-0.2, -0.15) is 0 Å². The van der Waals surface area contributed by atoms with Gasteiger partial charge in [0.05, 0.1) is 5.60 Å².